The zero-order chi connectivity index (χ0) is 12.9. The van der Waals surface area contributed by atoms with E-state index in [9.17, 15) is 9.59 Å². The maximum atomic E-state index is 11.6. The molecule has 5 nitrogen and oxygen atoms in total. The number of rotatable bonds is 3. The molecule has 1 rings (SSSR count). The van der Waals surface area contributed by atoms with Crippen LogP contribution in [0, 0.1) is 0 Å². The number of urea groups is 1. The molecule has 98 valence electrons. The van der Waals surface area contributed by atoms with Crippen molar-refractivity contribution in [1.29, 1.82) is 0 Å². The molecule has 5 heteroatoms. The lowest BCUT2D eigenvalue weighted by Gasteiger charge is -2.21. The number of hydrogen-bond acceptors (Lipinski definition) is 2. The second-order valence-corrected chi connectivity index (χ2v) is 5.47. The van der Waals surface area contributed by atoms with Gasteiger partial charge in [-0.25, -0.2) is 4.79 Å². The first-order valence-corrected chi connectivity index (χ1v) is 6.22. The largest absolute Gasteiger partial charge is 0.351 e. The Kier molecular flexibility index (Phi) is 4.78. The van der Waals surface area contributed by atoms with E-state index < -0.39 is 0 Å². The van der Waals surface area contributed by atoms with Crippen LogP contribution < -0.4 is 10.6 Å². The van der Waals surface area contributed by atoms with Crippen molar-refractivity contribution >= 4 is 11.9 Å². The fourth-order valence-corrected chi connectivity index (χ4v) is 1.80. The number of likely N-dealkylation sites (tertiary alicyclic amines) is 1. The molecule has 1 saturated heterocycles. The van der Waals surface area contributed by atoms with E-state index in [1.807, 2.05) is 20.8 Å². The van der Waals surface area contributed by atoms with E-state index in [4.69, 9.17) is 0 Å². The maximum absolute atomic E-state index is 11.6. The van der Waals surface area contributed by atoms with Gasteiger partial charge in [0, 0.05) is 31.6 Å². The highest BCUT2D eigenvalue weighted by Crippen LogP contribution is 2.06. The Balaban J connectivity index is 2.14. The average Bonchev–Trinajstić information content (AvgIpc) is 2.66. The van der Waals surface area contributed by atoms with Crippen molar-refractivity contribution in [3.63, 3.8) is 0 Å². The summed E-state index contributed by atoms with van der Waals surface area (Å²) in [5, 5.41) is 5.63. The normalized spacial score (nSPS) is 15.8. The molecule has 0 atom stereocenters. The lowest BCUT2D eigenvalue weighted by atomic mass is 10.1. The van der Waals surface area contributed by atoms with E-state index >= 15 is 0 Å². The molecule has 17 heavy (non-hydrogen) atoms. The number of hydrogen-bond donors (Lipinski definition) is 2. The quantitative estimate of drug-likeness (QED) is 0.777. The van der Waals surface area contributed by atoms with Crippen molar-refractivity contribution in [2.45, 2.75) is 45.6 Å². The minimum atomic E-state index is -0.212. The van der Waals surface area contributed by atoms with Gasteiger partial charge >= 0.3 is 6.03 Å². The molecule has 0 aromatic rings. The van der Waals surface area contributed by atoms with Gasteiger partial charge < -0.3 is 15.5 Å². The third-order valence-corrected chi connectivity index (χ3v) is 2.54. The minimum Gasteiger partial charge on any atom is -0.351 e. The Labute approximate surface area is 103 Å². The van der Waals surface area contributed by atoms with Crippen LogP contribution in [-0.4, -0.2) is 42.0 Å². The van der Waals surface area contributed by atoms with Crippen LogP contribution in [0.3, 0.4) is 0 Å². The van der Waals surface area contributed by atoms with Crippen molar-refractivity contribution in [2.75, 3.05) is 19.6 Å². The number of carbonyl (C=O) groups excluding carboxylic acids is 2. The predicted octanol–water partition coefficient (Wildman–Crippen LogP) is 1.10. The fraction of sp³-hybridized carbons (Fsp3) is 0.833. The Morgan fingerprint density at radius 3 is 2.29 bits per heavy atom. The van der Waals surface area contributed by atoms with E-state index in [1.165, 1.54) is 0 Å². The fourth-order valence-electron chi connectivity index (χ4n) is 1.80. The SMILES string of the molecule is CC(C)(C)NC(=O)CCNC(=O)N1CCCC1. The minimum absolute atomic E-state index is 0.0285. The third-order valence-electron chi connectivity index (χ3n) is 2.54. The molecule has 3 amide bonds. The molecule has 1 aliphatic heterocycles. The highest BCUT2D eigenvalue weighted by molar-refractivity contribution is 5.78. The number of carbonyl (C=O) groups is 2. The van der Waals surface area contributed by atoms with Crippen molar-refractivity contribution < 1.29 is 9.59 Å². The summed E-state index contributed by atoms with van der Waals surface area (Å²) in [7, 11) is 0. The molecule has 2 N–H and O–H groups in total. The molecule has 1 aliphatic rings. The topological polar surface area (TPSA) is 61.4 Å². The van der Waals surface area contributed by atoms with Crippen LogP contribution in [0.25, 0.3) is 0 Å². The Bertz CT molecular complexity index is 278. The molecule has 0 aromatic heterocycles. The molecule has 1 fully saturated rings. The second-order valence-electron chi connectivity index (χ2n) is 5.47. The molecule has 0 radical (unpaired) electrons. The maximum Gasteiger partial charge on any atom is 0.317 e. The summed E-state index contributed by atoms with van der Waals surface area (Å²) in [6, 6.07) is -0.0499. The summed E-state index contributed by atoms with van der Waals surface area (Å²) in [4.78, 5) is 24.9. The van der Waals surface area contributed by atoms with Gasteiger partial charge in [0.2, 0.25) is 5.91 Å². The van der Waals surface area contributed by atoms with Crippen LogP contribution >= 0.6 is 0 Å². The van der Waals surface area contributed by atoms with Gasteiger partial charge in [0.1, 0.15) is 0 Å². The Morgan fingerprint density at radius 2 is 1.76 bits per heavy atom. The first-order chi connectivity index (χ1) is 7.88. The predicted molar refractivity (Wildman–Crippen MR) is 66.7 cm³/mol. The summed E-state index contributed by atoms with van der Waals surface area (Å²) < 4.78 is 0. The van der Waals surface area contributed by atoms with Crippen LogP contribution in [0.2, 0.25) is 0 Å². The first kappa shape index (κ1) is 13.8. The summed E-state index contributed by atoms with van der Waals surface area (Å²) in [5.41, 5.74) is -0.212. The van der Waals surface area contributed by atoms with Crippen LogP contribution in [0.5, 0.6) is 0 Å². The molecule has 0 saturated carbocycles. The molecular weight excluding hydrogens is 218 g/mol. The van der Waals surface area contributed by atoms with Crippen molar-refractivity contribution in [2.24, 2.45) is 0 Å². The monoisotopic (exact) mass is 241 g/mol. The van der Waals surface area contributed by atoms with Crippen LogP contribution in [0.15, 0.2) is 0 Å². The van der Waals surface area contributed by atoms with E-state index in [2.05, 4.69) is 10.6 Å². The number of nitrogens with zero attached hydrogens (tertiary/aromatic N) is 1. The lowest BCUT2D eigenvalue weighted by Crippen LogP contribution is -2.43. The smallest absolute Gasteiger partial charge is 0.317 e. The van der Waals surface area contributed by atoms with Gasteiger partial charge in [-0.3, -0.25) is 4.79 Å². The van der Waals surface area contributed by atoms with Gasteiger partial charge in [0.05, 0.1) is 0 Å². The van der Waals surface area contributed by atoms with E-state index in [-0.39, 0.29) is 17.5 Å². The van der Waals surface area contributed by atoms with E-state index in [0.717, 1.165) is 25.9 Å². The summed E-state index contributed by atoms with van der Waals surface area (Å²) in [5.74, 6) is -0.0285. The summed E-state index contributed by atoms with van der Waals surface area (Å²) in [6.07, 6.45) is 2.49. The van der Waals surface area contributed by atoms with Crippen molar-refractivity contribution in [1.82, 2.24) is 15.5 Å². The highest BCUT2D eigenvalue weighted by Gasteiger charge is 2.18. The molecule has 0 bridgehead atoms. The molecule has 0 spiro atoms. The third kappa shape index (κ3) is 5.56. The van der Waals surface area contributed by atoms with Gasteiger partial charge in [-0.1, -0.05) is 0 Å². The Hall–Kier alpha value is -1.26. The number of nitrogens with one attached hydrogen (secondary N) is 2. The van der Waals surface area contributed by atoms with Crippen LogP contribution in [0.1, 0.15) is 40.0 Å². The average molecular weight is 241 g/mol. The van der Waals surface area contributed by atoms with E-state index in [0.29, 0.717) is 13.0 Å². The van der Waals surface area contributed by atoms with E-state index in [1.54, 1.807) is 4.90 Å². The molecule has 0 aliphatic carbocycles. The summed E-state index contributed by atoms with van der Waals surface area (Å²) >= 11 is 0. The Morgan fingerprint density at radius 1 is 1.18 bits per heavy atom. The van der Waals surface area contributed by atoms with Gasteiger partial charge in [0.25, 0.3) is 0 Å². The van der Waals surface area contributed by atoms with Gasteiger partial charge in [0.15, 0.2) is 0 Å². The van der Waals surface area contributed by atoms with Crippen molar-refractivity contribution in [3.8, 4) is 0 Å². The van der Waals surface area contributed by atoms with Crippen LogP contribution in [-0.2, 0) is 4.79 Å². The molecule has 0 unspecified atom stereocenters. The molecule has 1 heterocycles. The van der Waals surface area contributed by atoms with Gasteiger partial charge in [-0.05, 0) is 33.6 Å². The van der Waals surface area contributed by atoms with Gasteiger partial charge in [-0.2, -0.15) is 0 Å². The van der Waals surface area contributed by atoms with Gasteiger partial charge in [-0.15, -0.1) is 0 Å². The van der Waals surface area contributed by atoms with Crippen molar-refractivity contribution in [3.05, 3.63) is 0 Å². The molecule has 0 aromatic carbocycles. The van der Waals surface area contributed by atoms with Crippen LogP contribution in [0.4, 0.5) is 4.79 Å². The second kappa shape index (κ2) is 5.89. The number of amides is 3. The standard InChI is InChI=1S/C12H23N3O2/c1-12(2,3)14-10(16)6-7-13-11(17)15-8-4-5-9-15/h4-9H2,1-3H3,(H,13,17)(H,14,16). The highest BCUT2D eigenvalue weighted by atomic mass is 16.2. The molecular formula is C12H23N3O2. The zero-order valence-corrected chi connectivity index (χ0v) is 11.0. The lowest BCUT2D eigenvalue weighted by molar-refractivity contribution is -0.122. The first-order valence-electron chi connectivity index (χ1n) is 6.22. The summed E-state index contributed by atoms with van der Waals surface area (Å²) in [6.45, 7) is 7.88. The zero-order valence-electron chi connectivity index (χ0n) is 11.0.